The zero-order chi connectivity index (χ0) is 11.4. The summed E-state index contributed by atoms with van der Waals surface area (Å²) in [5, 5.41) is 0.146. The van der Waals surface area contributed by atoms with Crippen molar-refractivity contribution in [2.75, 3.05) is 0 Å². The largest absolute Gasteiger partial charge is 0.324 e. The highest BCUT2D eigenvalue weighted by Crippen LogP contribution is 2.25. The van der Waals surface area contributed by atoms with Crippen LogP contribution in [-0.2, 0) is 0 Å². The zero-order valence-electron chi connectivity index (χ0n) is 9.13. The fourth-order valence-electron chi connectivity index (χ4n) is 1.48. The van der Waals surface area contributed by atoms with E-state index in [9.17, 15) is 4.39 Å². The molecule has 0 aliphatic heterocycles. The summed E-state index contributed by atoms with van der Waals surface area (Å²) in [7, 11) is 0. The number of halogens is 2. The Morgan fingerprint density at radius 2 is 2.00 bits per heavy atom. The Balaban J connectivity index is 2.73. The lowest BCUT2D eigenvalue weighted by Crippen LogP contribution is -2.13. The molecule has 0 saturated heterocycles. The minimum Gasteiger partial charge on any atom is -0.324 e. The van der Waals surface area contributed by atoms with E-state index in [-0.39, 0.29) is 16.9 Å². The van der Waals surface area contributed by atoms with E-state index in [2.05, 4.69) is 13.8 Å². The topological polar surface area (TPSA) is 26.0 Å². The first-order valence-corrected chi connectivity index (χ1v) is 5.59. The Hall–Kier alpha value is -0.600. The molecule has 1 atom stereocenters. The number of benzene rings is 1. The first-order chi connectivity index (χ1) is 7.02. The van der Waals surface area contributed by atoms with Gasteiger partial charge >= 0.3 is 0 Å². The maximum absolute atomic E-state index is 13.6. The first-order valence-electron chi connectivity index (χ1n) is 5.22. The second kappa shape index (κ2) is 5.47. The number of hydrogen-bond donors (Lipinski definition) is 1. The smallest absolute Gasteiger partial charge is 0.146 e. The molecule has 0 aromatic heterocycles. The molecule has 1 rings (SSSR count). The van der Waals surface area contributed by atoms with Crippen LogP contribution in [-0.4, -0.2) is 0 Å². The minimum atomic E-state index is -0.379. The van der Waals surface area contributed by atoms with Gasteiger partial charge < -0.3 is 5.73 Å². The van der Waals surface area contributed by atoms with Crippen LogP contribution < -0.4 is 5.73 Å². The fraction of sp³-hybridized carbons (Fsp3) is 0.500. The van der Waals surface area contributed by atoms with Crippen molar-refractivity contribution >= 4 is 11.6 Å². The molecule has 1 aromatic carbocycles. The van der Waals surface area contributed by atoms with Crippen molar-refractivity contribution in [1.82, 2.24) is 0 Å². The van der Waals surface area contributed by atoms with Gasteiger partial charge in [0.1, 0.15) is 5.82 Å². The van der Waals surface area contributed by atoms with Gasteiger partial charge in [0.15, 0.2) is 0 Å². The van der Waals surface area contributed by atoms with Crippen molar-refractivity contribution in [3.05, 3.63) is 34.6 Å². The molecule has 1 unspecified atom stereocenters. The van der Waals surface area contributed by atoms with Gasteiger partial charge in [0, 0.05) is 11.6 Å². The first kappa shape index (κ1) is 12.5. The second-order valence-corrected chi connectivity index (χ2v) is 4.63. The molecule has 1 aromatic rings. The summed E-state index contributed by atoms with van der Waals surface area (Å²) in [6.07, 6.45) is 1.78. The van der Waals surface area contributed by atoms with Crippen LogP contribution in [0.15, 0.2) is 18.2 Å². The number of hydrogen-bond acceptors (Lipinski definition) is 1. The van der Waals surface area contributed by atoms with Gasteiger partial charge in [-0.15, -0.1) is 0 Å². The molecule has 0 saturated carbocycles. The lowest BCUT2D eigenvalue weighted by Gasteiger charge is -2.14. The highest BCUT2D eigenvalue weighted by Gasteiger charge is 2.13. The fourth-order valence-corrected chi connectivity index (χ4v) is 1.66. The Labute approximate surface area is 95.4 Å². The molecule has 0 spiro atoms. The predicted molar refractivity (Wildman–Crippen MR) is 62.4 cm³/mol. The maximum Gasteiger partial charge on any atom is 0.146 e. The summed E-state index contributed by atoms with van der Waals surface area (Å²) < 4.78 is 13.6. The molecule has 3 heteroatoms. The van der Waals surface area contributed by atoms with Gasteiger partial charge in [0.25, 0.3) is 0 Å². The van der Waals surface area contributed by atoms with E-state index >= 15 is 0 Å². The summed E-state index contributed by atoms with van der Waals surface area (Å²) in [5.41, 5.74) is 6.43. The molecule has 15 heavy (non-hydrogen) atoms. The third kappa shape index (κ3) is 3.47. The van der Waals surface area contributed by atoms with Gasteiger partial charge in [0.2, 0.25) is 0 Å². The summed E-state index contributed by atoms with van der Waals surface area (Å²) in [4.78, 5) is 0. The van der Waals surface area contributed by atoms with Crippen molar-refractivity contribution in [3.8, 4) is 0 Å². The van der Waals surface area contributed by atoms with E-state index in [4.69, 9.17) is 17.3 Å². The summed E-state index contributed by atoms with van der Waals surface area (Å²) >= 11 is 5.69. The molecule has 2 N–H and O–H groups in total. The quantitative estimate of drug-likeness (QED) is 0.832. The lowest BCUT2D eigenvalue weighted by atomic mass is 9.98. The summed E-state index contributed by atoms with van der Waals surface area (Å²) in [5.74, 6) is 0.203. The van der Waals surface area contributed by atoms with Gasteiger partial charge in [-0.2, -0.15) is 0 Å². The molecule has 84 valence electrons. The van der Waals surface area contributed by atoms with Gasteiger partial charge in [-0.3, -0.25) is 0 Å². The van der Waals surface area contributed by atoms with Crippen LogP contribution in [0.1, 0.15) is 38.3 Å². The van der Waals surface area contributed by atoms with E-state index in [1.54, 1.807) is 12.1 Å². The molecule has 1 nitrogen and oxygen atoms in total. The standard InChI is InChI=1S/C12H17ClFN/c1-8(2)6-7-11(15)9-4-3-5-10(13)12(9)14/h3-5,8,11H,6-7,15H2,1-2H3. The Morgan fingerprint density at radius 1 is 1.33 bits per heavy atom. The van der Waals surface area contributed by atoms with Crippen LogP contribution in [0.4, 0.5) is 4.39 Å². The Morgan fingerprint density at radius 3 is 2.60 bits per heavy atom. The molecule has 0 aliphatic rings. The number of rotatable bonds is 4. The van der Waals surface area contributed by atoms with Crippen LogP contribution in [0.2, 0.25) is 5.02 Å². The van der Waals surface area contributed by atoms with Gasteiger partial charge in [-0.25, -0.2) is 4.39 Å². The molecule has 0 fully saturated rings. The third-order valence-electron chi connectivity index (χ3n) is 2.44. The van der Waals surface area contributed by atoms with E-state index in [0.29, 0.717) is 11.5 Å². The average molecular weight is 230 g/mol. The molecule has 0 bridgehead atoms. The Kier molecular flexibility index (Phi) is 4.55. The zero-order valence-corrected chi connectivity index (χ0v) is 9.89. The maximum atomic E-state index is 13.6. The van der Waals surface area contributed by atoms with Crippen molar-refractivity contribution in [2.45, 2.75) is 32.7 Å². The molecule has 0 radical (unpaired) electrons. The third-order valence-corrected chi connectivity index (χ3v) is 2.73. The van der Waals surface area contributed by atoms with Crippen LogP contribution in [0.25, 0.3) is 0 Å². The van der Waals surface area contributed by atoms with Crippen molar-refractivity contribution in [2.24, 2.45) is 11.7 Å². The predicted octanol–water partition coefficient (Wildman–Crippen LogP) is 3.92. The highest BCUT2D eigenvalue weighted by molar-refractivity contribution is 6.30. The Bertz CT molecular complexity index is 325. The van der Waals surface area contributed by atoms with E-state index in [1.165, 1.54) is 6.07 Å². The van der Waals surface area contributed by atoms with Crippen molar-refractivity contribution in [3.63, 3.8) is 0 Å². The van der Waals surface area contributed by atoms with Crippen LogP contribution in [0.3, 0.4) is 0 Å². The normalized spacial score (nSPS) is 13.2. The van der Waals surface area contributed by atoms with Crippen molar-refractivity contribution in [1.29, 1.82) is 0 Å². The van der Waals surface area contributed by atoms with Crippen LogP contribution >= 0.6 is 11.6 Å². The van der Waals surface area contributed by atoms with Gasteiger partial charge in [-0.05, 0) is 24.8 Å². The van der Waals surface area contributed by atoms with E-state index < -0.39 is 0 Å². The highest BCUT2D eigenvalue weighted by atomic mass is 35.5. The molecule has 0 amide bonds. The summed E-state index contributed by atoms with van der Waals surface area (Å²) in [6, 6.07) is 4.71. The van der Waals surface area contributed by atoms with Crippen LogP contribution in [0.5, 0.6) is 0 Å². The van der Waals surface area contributed by atoms with Gasteiger partial charge in [0.05, 0.1) is 5.02 Å². The summed E-state index contributed by atoms with van der Waals surface area (Å²) in [6.45, 7) is 4.25. The van der Waals surface area contributed by atoms with Gasteiger partial charge in [-0.1, -0.05) is 37.6 Å². The molecule has 0 aliphatic carbocycles. The van der Waals surface area contributed by atoms with E-state index in [0.717, 1.165) is 12.8 Å². The minimum absolute atomic E-state index is 0.146. The second-order valence-electron chi connectivity index (χ2n) is 4.22. The van der Waals surface area contributed by atoms with Crippen molar-refractivity contribution < 1.29 is 4.39 Å². The monoisotopic (exact) mass is 229 g/mol. The SMILES string of the molecule is CC(C)CCC(N)c1cccc(Cl)c1F. The molecular formula is C12H17ClFN. The average Bonchev–Trinajstić information content (AvgIpc) is 2.18. The van der Waals surface area contributed by atoms with Crippen LogP contribution in [0, 0.1) is 11.7 Å². The van der Waals surface area contributed by atoms with E-state index in [1.807, 2.05) is 0 Å². The molecular weight excluding hydrogens is 213 g/mol. The lowest BCUT2D eigenvalue weighted by molar-refractivity contribution is 0.491. The molecule has 0 heterocycles. The number of nitrogens with two attached hydrogens (primary N) is 1.